The van der Waals surface area contributed by atoms with Crippen molar-refractivity contribution in [3.63, 3.8) is 0 Å². The molecule has 1 aromatic carbocycles. The Balaban J connectivity index is 1.42. The van der Waals surface area contributed by atoms with Crippen LogP contribution in [-0.4, -0.2) is 40.9 Å². The fourth-order valence-corrected chi connectivity index (χ4v) is 5.77. The number of carbonyl (C=O) groups is 2. The SMILES string of the molecule is COC(=O)c1sc2nc(CN(C)Cc3cscn3)ccc2c1NC(=O)C1(c2ccccc2)CC1. The van der Waals surface area contributed by atoms with Crippen molar-refractivity contribution < 1.29 is 14.3 Å². The zero-order valence-electron chi connectivity index (χ0n) is 18.9. The Morgan fingerprint density at radius 2 is 1.88 bits per heavy atom. The van der Waals surface area contributed by atoms with Gasteiger partial charge in [0.25, 0.3) is 0 Å². The molecule has 1 aliphatic rings. The van der Waals surface area contributed by atoms with Crippen molar-refractivity contribution in [2.24, 2.45) is 0 Å². The van der Waals surface area contributed by atoms with E-state index in [9.17, 15) is 9.59 Å². The topological polar surface area (TPSA) is 84.4 Å². The molecule has 1 amide bonds. The molecule has 0 spiro atoms. The summed E-state index contributed by atoms with van der Waals surface area (Å²) in [5.41, 5.74) is 4.66. The van der Waals surface area contributed by atoms with E-state index in [0.717, 1.165) is 41.7 Å². The molecule has 3 aromatic heterocycles. The third-order valence-electron chi connectivity index (χ3n) is 6.08. The van der Waals surface area contributed by atoms with E-state index in [2.05, 4.69) is 15.2 Å². The van der Waals surface area contributed by atoms with E-state index in [4.69, 9.17) is 9.72 Å². The van der Waals surface area contributed by atoms with Crippen molar-refractivity contribution in [3.8, 4) is 0 Å². The maximum atomic E-state index is 13.4. The van der Waals surface area contributed by atoms with Crippen LogP contribution < -0.4 is 5.32 Å². The molecule has 34 heavy (non-hydrogen) atoms. The fourth-order valence-electron chi connectivity index (χ4n) is 4.15. The molecule has 1 aliphatic carbocycles. The number of amides is 1. The summed E-state index contributed by atoms with van der Waals surface area (Å²) in [6.45, 7) is 1.36. The largest absolute Gasteiger partial charge is 0.465 e. The predicted molar refractivity (Wildman–Crippen MR) is 134 cm³/mol. The molecule has 174 valence electrons. The molecule has 1 fully saturated rings. The van der Waals surface area contributed by atoms with Crippen molar-refractivity contribution in [1.29, 1.82) is 0 Å². The Morgan fingerprint density at radius 1 is 1.12 bits per heavy atom. The molecule has 0 atom stereocenters. The highest BCUT2D eigenvalue weighted by Gasteiger charge is 2.51. The maximum Gasteiger partial charge on any atom is 0.350 e. The van der Waals surface area contributed by atoms with Gasteiger partial charge in [-0.25, -0.2) is 14.8 Å². The van der Waals surface area contributed by atoms with Crippen molar-refractivity contribution in [1.82, 2.24) is 14.9 Å². The Bertz CT molecular complexity index is 1330. The number of aromatic nitrogens is 2. The summed E-state index contributed by atoms with van der Waals surface area (Å²) in [5.74, 6) is -0.583. The average molecular weight is 493 g/mol. The Kier molecular flexibility index (Phi) is 6.16. The van der Waals surface area contributed by atoms with Gasteiger partial charge in [0, 0.05) is 23.9 Å². The van der Waals surface area contributed by atoms with E-state index in [1.165, 1.54) is 18.4 Å². The van der Waals surface area contributed by atoms with Crippen LogP contribution in [0.1, 0.15) is 39.5 Å². The number of ether oxygens (including phenoxy) is 1. The van der Waals surface area contributed by atoms with Gasteiger partial charge in [0.2, 0.25) is 5.91 Å². The molecule has 0 unspecified atom stereocenters. The van der Waals surface area contributed by atoms with Crippen molar-refractivity contribution >= 4 is 50.5 Å². The van der Waals surface area contributed by atoms with Gasteiger partial charge < -0.3 is 10.1 Å². The minimum absolute atomic E-state index is 0.101. The molecule has 7 nitrogen and oxygen atoms in total. The standard InChI is InChI=1S/C25H24N4O3S2/c1-29(13-18-14-33-15-26-18)12-17-8-9-19-20(21(23(30)32-2)34-22(19)27-17)28-24(31)25(10-11-25)16-6-4-3-5-7-16/h3-9,14-15H,10-13H2,1-2H3,(H,28,31). The number of hydrogen-bond acceptors (Lipinski definition) is 8. The van der Waals surface area contributed by atoms with Crippen LogP contribution in [0.4, 0.5) is 5.69 Å². The summed E-state index contributed by atoms with van der Waals surface area (Å²) < 4.78 is 5.01. The number of thiophene rings is 1. The fraction of sp³-hybridized carbons (Fsp3) is 0.280. The first-order chi connectivity index (χ1) is 16.5. The van der Waals surface area contributed by atoms with E-state index in [1.54, 1.807) is 11.3 Å². The molecule has 1 N–H and O–H groups in total. The van der Waals surface area contributed by atoms with Gasteiger partial charge >= 0.3 is 5.97 Å². The number of carbonyl (C=O) groups excluding carboxylic acids is 2. The van der Waals surface area contributed by atoms with Crippen LogP contribution in [0.15, 0.2) is 53.4 Å². The van der Waals surface area contributed by atoms with Crippen molar-refractivity contribution in [2.75, 3.05) is 19.5 Å². The second-order valence-electron chi connectivity index (χ2n) is 8.51. The number of fused-ring (bicyclic) bond motifs is 1. The van der Waals surface area contributed by atoms with E-state index in [-0.39, 0.29) is 5.91 Å². The lowest BCUT2D eigenvalue weighted by Gasteiger charge is -2.16. The average Bonchev–Trinajstić information content (AvgIpc) is 3.38. The first-order valence-corrected chi connectivity index (χ1v) is 12.7. The molecular weight excluding hydrogens is 468 g/mol. The van der Waals surface area contributed by atoms with Gasteiger partial charge in [0.1, 0.15) is 9.71 Å². The van der Waals surface area contributed by atoms with Crippen molar-refractivity contribution in [2.45, 2.75) is 31.3 Å². The van der Waals surface area contributed by atoms with Crippen molar-refractivity contribution in [3.05, 3.63) is 75.2 Å². The second-order valence-corrected chi connectivity index (χ2v) is 10.2. The third kappa shape index (κ3) is 4.34. The molecule has 0 radical (unpaired) electrons. The molecule has 0 aliphatic heterocycles. The molecular formula is C25H24N4O3S2. The van der Waals surface area contributed by atoms with E-state index in [1.807, 2.05) is 60.4 Å². The number of hydrogen-bond donors (Lipinski definition) is 1. The van der Waals surface area contributed by atoms with Crippen LogP contribution in [0.3, 0.4) is 0 Å². The molecule has 9 heteroatoms. The molecule has 0 saturated heterocycles. The number of nitrogens with zero attached hydrogens (tertiary/aromatic N) is 3. The quantitative estimate of drug-likeness (QED) is 0.354. The number of thiazole rings is 1. The number of rotatable bonds is 8. The van der Waals surface area contributed by atoms with Gasteiger partial charge in [-0.2, -0.15) is 0 Å². The summed E-state index contributed by atoms with van der Waals surface area (Å²) >= 11 is 2.82. The summed E-state index contributed by atoms with van der Waals surface area (Å²) in [7, 11) is 3.36. The van der Waals surface area contributed by atoms with E-state index in [0.29, 0.717) is 21.9 Å². The third-order valence-corrected chi connectivity index (χ3v) is 7.80. The van der Waals surface area contributed by atoms with Crippen LogP contribution in [0.2, 0.25) is 0 Å². The van der Waals surface area contributed by atoms with E-state index < -0.39 is 11.4 Å². The monoisotopic (exact) mass is 492 g/mol. The minimum Gasteiger partial charge on any atom is -0.465 e. The highest BCUT2D eigenvalue weighted by atomic mass is 32.1. The maximum absolute atomic E-state index is 13.4. The molecule has 5 rings (SSSR count). The molecule has 4 aromatic rings. The molecule has 1 saturated carbocycles. The van der Waals surface area contributed by atoms with Gasteiger partial charge in [-0.05, 0) is 37.6 Å². The number of pyridine rings is 1. The van der Waals surface area contributed by atoms with Gasteiger partial charge in [-0.3, -0.25) is 9.69 Å². The van der Waals surface area contributed by atoms with Gasteiger partial charge in [-0.1, -0.05) is 30.3 Å². The first kappa shape index (κ1) is 22.6. The normalized spacial score (nSPS) is 14.3. The highest BCUT2D eigenvalue weighted by Crippen LogP contribution is 2.49. The smallest absolute Gasteiger partial charge is 0.350 e. The van der Waals surface area contributed by atoms with E-state index >= 15 is 0 Å². The number of benzene rings is 1. The first-order valence-electron chi connectivity index (χ1n) is 10.9. The van der Waals surface area contributed by atoms with Crippen LogP contribution in [0.5, 0.6) is 0 Å². The van der Waals surface area contributed by atoms with Crippen LogP contribution >= 0.6 is 22.7 Å². The summed E-state index contributed by atoms with van der Waals surface area (Å²) in [6.07, 6.45) is 1.57. The Hall–Kier alpha value is -3.14. The van der Waals surface area contributed by atoms with Crippen LogP contribution in [-0.2, 0) is 28.0 Å². The zero-order chi connectivity index (χ0) is 23.7. The van der Waals surface area contributed by atoms with Gasteiger partial charge in [0.05, 0.1) is 35.1 Å². The summed E-state index contributed by atoms with van der Waals surface area (Å²) in [6, 6.07) is 13.7. The summed E-state index contributed by atoms with van der Waals surface area (Å²) in [4.78, 5) is 38.2. The number of nitrogens with one attached hydrogen (secondary N) is 1. The minimum atomic E-state index is -0.547. The predicted octanol–water partition coefficient (Wildman–Crippen LogP) is 4.84. The Labute approximate surface area is 205 Å². The van der Waals surface area contributed by atoms with Crippen LogP contribution in [0.25, 0.3) is 10.2 Å². The summed E-state index contributed by atoms with van der Waals surface area (Å²) in [5, 5.41) is 5.83. The Morgan fingerprint density at radius 3 is 2.56 bits per heavy atom. The molecule has 0 bridgehead atoms. The highest BCUT2D eigenvalue weighted by molar-refractivity contribution is 7.21. The van der Waals surface area contributed by atoms with Gasteiger partial charge in [0.15, 0.2) is 0 Å². The molecule has 3 heterocycles. The van der Waals surface area contributed by atoms with Gasteiger partial charge in [-0.15, -0.1) is 22.7 Å². The lowest BCUT2D eigenvalue weighted by molar-refractivity contribution is -0.118. The number of anilines is 1. The number of methoxy groups -OCH3 is 1. The second kappa shape index (κ2) is 9.25. The lowest BCUT2D eigenvalue weighted by Crippen LogP contribution is -2.28. The van der Waals surface area contributed by atoms with Crippen LogP contribution in [0, 0.1) is 0 Å². The zero-order valence-corrected chi connectivity index (χ0v) is 20.5. The lowest BCUT2D eigenvalue weighted by atomic mass is 9.95. The number of esters is 1.